The molecule has 2 aromatic heterocycles. The van der Waals surface area contributed by atoms with Crippen molar-refractivity contribution in [3.63, 3.8) is 0 Å². The molecule has 4 heteroatoms. The quantitative estimate of drug-likeness (QED) is 0.665. The number of ketones is 1. The third-order valence-electron chi connectivity index (χ3n) is 3.25. The van der Waals surface area contributed by atoms with E-state index in [1.165, 1.54) is 16.2 Å². The van der Waals surface area contributed by atoms with Gasteiger partial charge in [0.25, 0.3) is 0 Å². The fourth-order valence-electron chi connectivity index (χ4n) is 2.13. The lowest BCUT2D eigenvalue weighted by atomic mass is 10.2. The van der Waals surface area contributed by atoms with Gasteiger partial charge >= 0.3 is 0 Å². The number of thiophene rings is 1. The molecule has 0 unspecified atom stereocenters. The second-order valence-electron chi connectivity index (χ2n) is 4.66. The van der Waals surface area contributed by atoms with Crippen molar-refractivity contribution in [1.29, 1.82) is 0 Å². The van der Waals surface area contributed by atoms with Gasteiger partial charge in [-0.2, -0.15) is 0 Å². The van der Waals surface area contributed by atoms with Crippen LogP contribution in [0, 0.1) is 0 Å². The Balaban J connectivity index is 1.75. The molecule has 0 bridgehead atoms. The van der Waals surface area contributed by atoms with Crippen molar-refractivity contribution in [2.45, 2.75) is 13.3 Å². The standard InChI is InChI=1S/C17H15NO2S/c1-2-12-8-9-17(21-12)15(19)11-20-16-7-3-6-14-13(16)5-4-10-18-14/h3-10H,2,11H2,1H3. The van der Waals surface area contributed by atoms with Crippen LogP contribution in [0.15, 0.2) is 48.7 Å². The summed E-state index contributed by atoms with van der Waals surface area (Å²) in [5, 5.41) is 0.924. The number of carbonyl (C=O) groups excluding carboxylic acids is 1. The zero-order valence-corrected chi connectivity index (χ0v) is 12.5. The molecule has 0 fully saturated rings. The number of Topliss-reactive ketones (excluding diaryl/α,β-unsaturated/α-hetero) is 1. The average molecular weight is 297 g/mol. The molecule has 0 radical (unpaired) electrons. The molecule has 0 aliphatic heterocycles. The molecule has 3 aromatic rings. The van der Waals surface area contributed by atoms with Crippen molar-refractivity contribution in [2.24, 2.45) is 0 Å². The highest BCUT2D eigenvalue weighted by Crippen LogP contribution is 2.24. The summed E-state index contributed by atoms with van der Waals surface area (Å²) in [5.41, 5.74) is 0.867. The highest BCUT2D eigenvalue weighted by atomic mass is 32.1. The number of aryl methyl sites for hydroxylation is 1. The molecule has 3 nitrogen and oxygen atoms in total. The second kappa shape index (κ2) is 6.06. The van der Waals surface area contributed by atoms with Gasteiger partial charge in [-0.15, -0.1) is 11.3 Å². The number of hydrogen-bond acceptors (Lipinski definition) is 4. The Kier molecular flexibility index (Phi) is 3.97. The van der Waals surface area contributed by atoms with E-state index >= 15 is 0 Å². The largest absolute Gasteiger partial charge is 0.485 e. The summed E-state index contributed by atoms with van der Waals surface area (Å²) in [6, 6.07) is 13.4. The van der Waals surface area contributed by atoms with Crippen LogP contribution < -0.4 is 4.74 Å². The van der Waals surface area contributed by atoms with Gasteiger partial charge in [0.1, 0.15) is 5.75 Å². The van der Waals surface area contributed by atoms with Gasteiger partial charge in [-0.05, 0) is 42.8 Å². The van der Waals surface area contributed by atoms with E-state index < -0.39 is 0 Å². The number of aromatic nitrogens is 1. The molecular formula is C17H15NO2S. The second-order valence-corrected chi connectivity index (χ2v) is 5.83. The predicted molar refractivity (Wildman–Crippen MR) is 85.3 cm³/mol. The molecule has 0 amide bonds. The Morgan fingerprint density at radius 3 is 2.90 bits per heavy atom. The van der Waals surface area contributed by atoms with E-state index in [0.29, 0.717) is 5.75 Å². The molecule has 0 aliphatic carbocycles. The van der Waals surface area contributed by atoms with Crippen molar-refractivity contribution in [2.75, 3.05) is 6.61 Å². The minimum atomic E-state index is 0.0144. The van der Waals surface area contributed by atoms with Crippen LogP contribution in [-0.2, 0) is 6.42 Å². The van der Waals surface area contributed by atoms with E-state index in [1.807, 2.05) is 42.5 Å². The number of benzene rings is 1. The highest BCUT2D eigenvalue weighted by molar-refractivity contribution is 7.14. The van der Waals surface area contributed by atoms with Crippen LogP contribution in [0.4, 0.5) is 0 Å². The van der Waals surface area contributed by atoms with Crippen LogP contribution in [0.25, 0.3) is 10.9 Å². The predicted octanol–water partition coefficient (Wildman–Crippen LogP) is 4.12. The summed E-state index contributed by atoms with van der Waals surface area (Å²) in [4.78, 5) is 18.4. The highest BCUT2D eigenvalue weighted by Gasteiger charge is 2.11. The van der Waals surface area contributed by atoms with Gasteiger partial charge in [0, 0.05) is 16.5 Å². The van der Waals surface area contributed by atoms with Crippen molar-refractivity contribution in [1.82, 2.24) is 4.98 Å². The molecule has 0 spiro atoms. The lowest BCUT2D eigenvalue weighted by molar-refractivity contribution is 0.0926. The van der Waals surface area contributed by atoms with Crippen LogP contribution >= 0.6 is 11.3 Å². The van der Waals surface area contributed by atoms with E-state index in [-0.39, 0.29) is 12.4 Å². The Morgan fingerprint density at radius 1 is 1.19 bits per heavy atom. The number of carbonyl (C=O) groups is 1. The Hall–Kier alpha value is -2.20. The van der Waals surface area contributed by atoms with Crippen molar-refractivity contribution >= 4 is 28.0 Å². The minimum Gasteiger partial charge on any atom is -0.485 e. The van der Waals surface area contributed by atoms with Crippen LogP contribution in [0.3, 0.4) is 0 Å². The summed E-state index contributed by atoms with van der Waals surface area (Å²) in [5.74, 6) is 0.710. The Labute approximate surface area is 127 Å². The fraction of sp³-hybridized carbons (Fsp3) is 0.176. The fourth-order valence-corrected chi connectivity index (χ4v) is 3.00. The van der Waals surface area contributed by atoms with E-state index in [2.05, 4.69) is 11.9 Å². The number of fused-ring (bicyclic) bond motifs is 1. The summed E-state index contributed by atoms with van der Waals surface area (Å²) < 4.78 is 5.70. The van der Waals surface area contributed by atoms with Gasteiger partial charge in [0.15, 0.2) is 6.61 Å². The number of hydrogen-bond donors (Lipinski definition) is 0. The maximum absolute atomic E-state index is 12.2. The molecule has 106 valence electrons. The summed E-state index contributed by atoms with van der Waals surface area (Å²) in [6.07, 6.45) is 2.70. The molecule has 3 rings (SSSR count). The molecule has 0 saturated heterocycles. The van der Waals surface area contributed by atoms with E-state index in [1.54, 1.807) is 6.20 Å². The first-order valence-electron chi connectivity index (χ1n) is 6.86. The maximum atomic E-state index is 12.2. The SMILES string of the molecule is CCc1ccc(C(=O)COc2cccc3ncccc23)s1. The molecule has 0 aliphatic rings. The summed E-state index contributed by atoms with van der Waals surface area (Å²) >= 11 is 1.54. The van der Waals surface area contributed by atoms with Crippen molar-refractivity contribution in [3.05, 3.63) is 58.4 Å². The third kappa shape index (κ3) is 2.95. The smallest absolute Gasteiger partial charge is 0.210 e. The Bertz CT molecular complexity index is 774. The van der Waals surface area contributed by atoms with Crippen LogP contribution in [0.2, 0.25) is 0 Å². The number of rotatable bonds is 5. The number of ether oxygens (including phenoxy) is 1. The Morgan fingerprint density at radius 2 is 2.10 bits per heavy atom. The monoisotopic (exact) mass is 297 g/mol. The minimum absolute atomic E-state index is 0.0144. The molecule has 0 atom stereocenters. The van der Waals surface area contributed by atoms with Crippen LogP contribution in [0.5, 0.6) is 5.75 Å². The van der Waals surface area contributed by atoms with E-state index in [0.717, 1.165) is 22.2 Å². The first-order valence-corrected chi connectivity index (χ1v) is 7.68. The zero-order chi connectivity index (χ0) is 14.7. The lowest BCUT2D eigenvalue weighted by Gasteiger charge is -2.07. The average Bonchev–Trinajstić information content (AvgIpc) is 3.01. The molecular weight excluding hydrogens is 282 g/mol. The van der Waals surface area contributed by atoms with Gasteiger partial charge < -0.3 is 4.74 Å². The zero-order valence-electron chi connectivity index (χ0n) is 11.7. The summed E-state index contributed by atoms with van der Waals surface area (Å²) in [6.45, 7) is 2.14. The van der Waals surface area contributed by atoms with Crippen LogP contribution in [-0.4, -0.2) is 17.4 Å². The van der Waals surface area contributed by atoms with E-state index in [4.69, 9.17) is 4.74 Å². The van der Waals surface area contributed by atoms with Gasteiger partial charge in [0.05, 0.1) is 10.4 Å². The normalized spacial score (nSPS) is 10.7. The first kappa shape index (κ1) is 13.8. The topological polar surface area (TPSA) is 39.2 Å². The van der Waals surface area contributed by atoms with Gasteiger partial charge in [-0.25, -0.2) is 0 Å². The van der Waals surface area contributed by atoms with E-state index in [9.17, 15) is 4.79 Å². The number of nitrogens with zero attached hydrogens (tertiary/aromatic N) is 1. The lowest BCUT2D eigenvalue weighted by Crippen LogP contribution is -2.10. The molecule has 21 heavy (non-hydrogen) atoms. The first-order chi connectivity index (χ1) is 10.3. The van der Waals surface area contributed by atoms with Crippen molar-refractivity contribution in [3.8, 4) is 5.75 Å². The maximum Gasteiger partial charge on any atom is 0.210 e. The molecule has 2 heterocycles. The summed E-state index contributed by atoms with van der Waals surface area (Å²) in [7, 11) is 0. The van der Waals surface area contributed by atoms with Gasteiger partial charge in [-0.1, -0.05) is 13.0 Å². The van der Waals surface area contributed by atoms with Gasteiger partial charge in [-0.3, -0.25) is 9.78 Å². The molecule has 0 saturated carbocycles. The molecule has 1 aromatic carbocycles. The van der Waals surface area contributed by atoms with Gasteiger partial charge in [0.2, 0.25) is 5.78 Å². The number of pyridine rings is 1. The van der Waals surface area contributed by atoms with Crippen LogP contribution in [0.1, 0.15) is 21.5 Å². The third-order valence-corrected chi connectivity index (χ3v) is 4.52. The van der Waals surface area contributed by atoms with Crippen molar-refractivity contribution < 1.29 is 9.53 Å². The molecule has 0 N–H and O–H groups in total.